The molecule has 38 heavy (non-hydrogen) atoms. The van der Waals surface area contributed by atoms with E-state index in [1.54, 1.807) is 12.1 Å². The summed E-state index contributed by atoms with van der Waals surface area (Å²) in [4.78, 5) is 33.9. The Bertz CT molecular complexity index is 1100. The van der Waals surface area contributed by atoms with Gasteiger partial charge in [0.25, 0.3) is 0 Å². The Hall–Kier alpha value is -3.64. The predicted octanol–water partition coefficient (Wildman–Crippen LogP) is 4.54. The summed E-state index contributed by atoms with van der Waals surface area (Å²) in [5, 5.41) is 17.1. The van der Waals surface area contributed by atoms with Crippen molar-refractivity contribution in [3.8, 4) is 11.5 Å². The first-order valence-corrected chi connectivity index (χ1v) is 12.4. The van der Waals surface area contributed by atoms with E-state index in [1.165, 1.54) is 40.6 Å². The normalized spacial score (nSPS) is 9.95. The first-order valence-electron chi connectivity index (χ1n) is 11.3. The average Bonchev–Trinajstić information content (AvgIpc) is 2.92. The Morgan fingerprint density at radius 3 is 1.71 bits per heavy atom. The van der Waals surface area contributed by atoms with E-state index in [1.807, 2.05) is 0 Å². The number of carbonyl (C=O) groups excluding carboxylic acids is 2. The van der Waals surface area contributed by atoms with E-state index in [2.05, 4.69) is 15.4 Å². The Kier molecular flexibility index (Phi) is 14.5. The molecule has 0 fully saturated rings. The topological polar surface area (TPSA) is 164 Å². The van der Waals surface area contributed by atoms with Crippen LogP contribution in [0.1, 0.15) is 33.6 Å². The second kappa shape index (κ2) is 17.0. The van der Waals surface area contributed by atoms with Crippen molar-refractivity contribution in [1.29, 1.82) is 0 Å². The van der Waals surface area contributed by atoms with Crippen LogP contribution in [0.3, 0.4) is 0 Å². The van der Waals surface area contributed by atoms with Crippen molar-refractivity contribution in [2.24, 2.45) is 0 Å². The van der Waals surface area contributed by atoms with Crippen molar-refractivity contribution in [2.75, 3.05) is 69.7 Å². The Labute approximate surface area is 230 Å². The number of carbonyl (C=O) groups is 2. The Morgan fingerprint density at radius 2 is 1.29 bits per heavy atom. The lowest BCUT2D eigenvalue weighted by molar-refractivity contribution is -0.384. The highest BCUT2D eigenvalue weighted by atomic mass is 35.5. The lowest BCUT2D eigenvalue weighted by Gasteiger charge is -2.15. The smallest absolute Gasteiger partial charge is 0.340 e. The molecule has 0 aliphatic rings. The molecule has 0 aliphatic heterocycles. The molecule has 12 nitrogen and oxygen atoms in total. The SMILES string of the molecule is COC(=O)c1ccc(OC)c(N)c1NCCCCl.COC(=O)c1ccc(OC)c([N+](=O)[O-])c1NCCCCl. The number of nitrogens with one attached hydrogen (secondary N) is 2. The van der Waals surface area contributed by atoms with Crippen LogP contribution in [0.15, 0.2) is 24.3 Å². The Balaban J connectivity index is 0.000000382. The maximum atomic E-state index is 11.7. The van der Waals surface area contributed by atoms with E-state index >= 15 is 0 Å². The molecular weight excluding hydrogens is 543 g/mol. The van der Waals surface area contributed by atoms with Crippen molar-refractivity contribution in [3.05, 3.63) is 45.5 Å². The maximum absolute atomic E-state index is 11.7. The van der Waals surface area contributed by atoms with Gasteiger partial charge in [-0.3, -0.25) is 10.1 Å². The number of nitro groups is 1. The van der Waals surface area contributed by atoms with Gasteiger partial charge in [-0.05, 0) is 37.1 Å². The van der Waals surface area contributed by atoms with Crippen LogP contribution in [0.5, 0.6) is 11.5 Å². The third kappa shape index (κ3) is 8.73. The molecule has 4 N–H and O–H groups in total. The number of rotatable bonds is 13. The minimum atomic E-state index is -0.663. The van der Waals surface area contributed by atoms with Crippen molar-refractivity contribution in [3.63, 3.8) is 0 Å². The largest absolute Gasteiger partial charge is 0.495 e. The van der Waals surface area contributed by atoms with Crippen molar-refractivity contribution in [2.45, 2.75) is 12.8 Å². The summed E-state index contributed by atoms with van der Waals surface area (Å²) in [6, 6.07) is 6.02. The van der Waals surface area contributed by atoms with Gasteiger partial charge in [0.1, 0.15) is 11.4 Å². The second-order valence-corrected chi connectivity index (χ2v) is 8.08. The standard InChI is InChI=1S/C12H15ClN2O5.C12H17ClN2O3/c1-19-9-5-4-8(12(16)20-2)10(11(9)15(17)18)14-7-3-6-13;1-17-9-5-4-8(12(16)18-2)11(10(9)14)15-7-3-6-13/h4-5,14H,3,6-7H2,1-2H3;4-5,15H,3,6-7,14H2,1-2H3. The quantitative estimate of drug-likeness (QED) is 0.0767. The van der Waals surface area contributed by atoms with Crippen LogP contribution >= 0.6 is 23.2 Å². The molecule has 0 atom stereocenters. The molecule has 0 unspecified atom stereocenters. The summed E-state index contributed by atoms with van der Waals surface area (Å²) in [6.07, 6.45) is 1.36. The minimum absolute atomic E-state index is 0.0658. The van der Waals surface area contributed by atoms with E-state index in [9.17, 15) is 19.7 Å². The van der Waals surface area contributed by atoms with Crippen LogP contribution < -0.4 is 25.8 Å². The number of halogens is 2. The van der Waals surface area contributed by atoms with E-state index in [-0.39, 0.29) is 22.7 Å². The summed E-state index contributed by atoms with van der Waals surface area (Å²) >= 11 is 11.2. The number of hydrogen-bond acceptors (Lipinski definition) is 11. The number of alkyl halides is 2. The fourth-order valence-corrected chi connectivity index (χ4v) is 3.45. The summed E-state index contributed by atoms with van der Waals surface area (Å²) < 4.78 is 19.4. The lowest BCUT2D eigenvalue weighted by Crippen LogP contribution is -2.12. The van der Waals surface area contributed by atoms with E-state index < -0.39 is 16.9 Å². The first-order chi connectivity index (χ1) is 18.2. The molecule has 2 rings (SSSR count). The van der Waals surface area contributed by atoms with Crippen molar-refractivity contribution >= 4 is 57.9 Å². The highest BCUT2D eigenvalue weighted by Gasteiger charge is 2.27. The van der Waals surface area contributed by atoms with Crippen LogP contribution in [-0.4, -0.2) is 70.2 Å². The zero-order chi connectivity index (χ0) is 28.7. The van der Waals surface area contributed by atoms with Crippen LogP contribution in [0.2, 0.25) is 0 Å². The molecule has 0 aliphatic carbocycles. The molecule has 210 valence electrons. The van der Waals surface area contributed by atoms with Gasteiger partial charge in [-0.25, -0.2) is 9.59 Å². The number of methoxy groups -OCH3 is 4. The summed E-state index contributed by atoms with van der Waals surface area (Å²) in [5.74, 6) is 0.400. The molecule has 0 radical (unpaired) electrons. The average molecular weight is 575 g/mol. The molecule has 2 aromatic rings. The number of benzene rings is 2. The number of nitro benzene ring substituents is 1. The van der Waals surface area contributed by atoms with Gasteiger partial charge >= 0.3 is 17.6 Å². The zero-order valence-corrected chi connectivity index (χ0v) is 23.1. The fourth-order valence-electron chi connectivity index (χ4n) is 3.19. The molecule has 14 heteroatoms. The van der Waals surface area contributed by atoms with Gasteiger partial charge in [-0.15, -0.1) is 23.2 Å². The highest BCUT2D eigenvalue weighted by Crippen LogP contribution is 2.38. The van der Waals surface area contributed by atoms with Gasteiger partial charge in [0.15, 0.2) is 5.75 Å². The molecular formula is C24H32Cl2N4O8. The molecule has 0 aromatic heterocycles. The highest BCUT2D eigenvalue weighted by molar-refractivity contribution is 6.18. The van der Waals surface area contributed by atoms with Gasteiger partial charge in [0, 0.05) is 24.8 Å². The molecule has 2 aromatic carbocycles. The lowest BCUT2D eigenvalue weighted by atomic mass is 10.1. The van der Waals surface area contributed by atoms with E-state index in [4.69, 9.17) is 43.1 Å². The van der Waals surface area contributed by atoms with Gasteiger partial charge in [0.05, 0.1) is 55.9 Å². The van der Waals surface area contributed by atoms with Gasteiger partial charge in [0.2, 0.25) is 0 Å². The maximum Gasteiger partial charge on any atom is 0.340 e. The van der Waals surface area contributed by atoms with E-state index in [0.717, 1.165) is 6.42 Å². The molecule has 0 amide bonds. The third-order valence-electron chi connectivity index (χ3n) is 5.00. The van der Waals surface area contributed by atoms with Crippen LogP contribution in [0, 0.1) is 10.1 Å². The number of esters is 2. The first kappa shape index (κ1) is 32.4. The predicted molar refractivity (Wildman–Crippen MR) is 147 cm³/mol. The van der Waals surface area contributed by atoms with Crippen LogP contribution in [0.25, 0.3) is 0 Å². The molecule has 0 saturated heterocycles. The summed E-state index contributed by atoms with van der Waals surface area (Å²) in [6.45, 7) is 1.01. The number of nitrogens with two attached hydrogens (primary N) is 1. The Morgan fingerprint density at radius 1 is 0.842 bits per heavy atom. The number of hydrogen-bond donors (Lipinski definition) is 3. The molecule has 0 spiro atoms. The molecule has 0 saturated carbocycles. The van der Waals surface area contributed by atoms with Gasteiger partial charge in [-0.2, -0.15) is 0 Å². The van der Waals surface area contributed by atoms with Gasteiger partial charge < -0.3 is 35.3 Å². The third-order valence-corrected chi connectivity index (χ3v) is 5.54. The number of ether oxygens (including phenoxy) is 4. The van der Waals surface area contributed by atoms with Crippen LogP contribution in [-0.2, 0) is 9.47 Å². The molecule has 0 bridgehead atoms. The zero-order valence-electron chi connectivity index (χ0n) is 21.6. The number of nitrogens with zero attached hydrogens (tertiary/aromatic N) is 1. The molecule has 0 heterocycles. The van der Waals surface area contributed by atoms with E-state index in [0.29, 0.717) is 54.0 Å². The number of anilines is 3. The van der Waals surface area contributed by atoms with Gasteiger partial charge in [-0.1, -0.05) is 0 Å². The summed E-state index contributed by atoms with van der Waals surface area (Å²) in [7, 11) is 5.38. The van der Waals surface area contributed by atoms with Crippen LogP contribution in [0.4, 0.5) is 22.7 Å². The summed E-state index contributed by atoms with van der Waals surface area (Å²) in [5.41, 5.74) is 7.08. The monoisotopic (exact) mass is 574 g/mol. The van der Waals surface area contributed by atoms with Crippen molar-refractivity contribution in [1.82, 2.24) is 0 Å². The minimum Gasteiger partial charge on any atom is -0.495 e. The fraction of sp³-hybridized carbons (Fsp3) is 0.417. The van der Waals surface area contributed by atoms with Crippen molar-refractivity contribution < 1.29 is 33.5 Å². The second-order valence-electron chi connectivity index (χ2n) is 7.32. The number of nitrogen functional groups attached to an aromatic ring is 1.